The Morgan fingerprint density at radius 2 is 1.74 bits per heavy atom. The first kappa shape index (κ1) is 15.7. The van der Waals surface area contributed by atoms with Gasteiger partial charge in [-0.1, -0.05) is 32.0 Å². The molecule has 0 aliphatic carbocycles. The monoisotopic (exact) mass is 309 g/mol. The minimum absolute atomic E-state index is 0.292. The summed E-state index contributed by atoms with van der Waals surface area (Å²) in [6.45, 7) is 9.23. The lowest BCUT2D eigenvalue weighted by Crippen LogP contribution is -2.25. The molecule has 23 heavy (non-hydrogen) atoms. The van der Waals surface area contributed by atoms with Crippen LogP contribution >= 0.6 is 0 Å². The summed E-state index contributed by atoms with van der Waals surface area (Å²) in [4.78, 5) is 11.4. The van der Waals surface area contributed by atoms with Crippen LogP contribution in [0, 0.1) is 0 Å². The third kappa shape index (κ3) is 2.86. The van der Waals surface area contributed by atoms with E-state index in [4.69, 9.17) is 0 Å². The summed E-state index contributed by atoms with van der Waals surface area (Å²) in [6, 6.07) is 8.26. The average molecular weight is 309 g/mol. The van der Waals surface area contributed by atoms with Crippen molar-refractivity contribution in [3.63, 3.8) is 0 Å². The second-order valence-corrected chi connectivity index (χ2v) is 5.87. The van der Waals surface area contributed by atoms with Crippen molar-refractivity contribution >= 4 is 27.6 Å². The molecule has 0 saturated heterocycles. The zero-order valence-electron chi connectivity index (χ0n) is 14.0. The number of aliphatic hydroxyl groups excluding tert-OH is 1. The maximum atomic E-state index is 9.92. The Hall–Kier alpha value is -2.20. The molecule has 3 rings (SSSR count). The lowest BCUT2D eigenvalue weighted by Gasteiger charge is -2.18. The molecule has 3 aromatic rings. The lowest BCUT2D eigenvalue weighted by molar-refractivity contribution is 0.308. The minimum atomic E-state index is 0.292. The van der Waals surface area contributed by atoms with Crippen molar-refractivity contribution in [2.45, 2.75) is 27.2 Å². The molecule has 0 radical (unpaired) electrons. The van der Waals surface area contributed by atoms with Crippen molar-refractivity contribution in [3.05, 3.63) is 41.4 Å². The predicted molar refractivity (Wildman–Crippen MR) is 95.5 cm³/mol. The molecule has 1 N–H and O–H groups in total. The standard InChI is InChI=1S/C19H23N3O/c1-4-22(5-2)11-10-15-7-6-14-8-9-16(13(3)23)19-17(14)18(15)20-12-21-19/h6-9,12,23H,4-5,10-11H2,1-3H3/b16-13+. The van der Waals surface area contributed by atoms with Crippen LogP contribution in [0.2, 0.25) is 0 Å². The van der Waals surface area contributed by atoms with E-state index >= 15 is 0 Å². The largest absolute Gasteiger partial charge is 0.512 e. The zero-order valence-corrected chi connectivity index (χ0v) is 14.0. The second kappa shape index (κ2) is 6.50. The van der Waals surface area contributed by atoms with Crippen LogP contribution in [-0.4, -0.2) is 39.6 Å². The highest BCUT2D eigenvalue weighted by Gasteiger charge is 2.11. The summed E-state index contributed by atoms with van der Waals surface area (Å²) in [5, 5.41) is 12.9. The molecule has 0 bridgehead atoms. The van der Waals surface area contributed by atoms with E-state index in [1.165, 1.54) is 5.56 Å². The van der Waals surface area contributed by atoms with Gasteiger partial charge in [-0.2, -0.15) is 0 Å². The molecule has 120 valence electrons. The van der Waals surface area contributed by atoms with E-state index < -0.39 is 0 Å². The van der Waals surface area contributed by atoms with Crippen molar-refractivity contribution in [2.24, 2.45) is 0 Å². The molecular formula is C19H23N3O. The van der Waals surface area contributed by atoms with Gasteiger partial charge in [0, 0.05) is 17.1 Å². The fraction of sp³-hybridized carbons (Fsp3) is 0.368. The smallest absolute Gasteiger partial charge is 0.116 e. The van der Waals surface area contributed by atoms with Crippen LogP contribution in [0.5, 0.6) is 0 Å². The molecular weight excluding hydrogens is 286 g/mol. The number of rotatable bonds is 5. The number of benzene rings is 2. The van der Waals surface area contributed by atoms with E-state index in [1.54, 1.807) is 13.3 Å². The van der Waals surface area contributed by atoms with E-state index in [-0.39, 0.29) is 0 Å². The highest BCUT2D eigenvalue weighted by molar-refractivity contribution is 6.08. The molecule has 2 aromatic carbocycles. The first-order valence-electron chi connectivity index (χ1n) is 8.23. The van der Waals surface area contributed by atoms with Gasteiger partial charge in [-0.3, -0.25) is 0 Å². The third-order valence-electron chi connectivity index (χ3n) is 4.57. The van der Waals surface area contributed by atoms with Crippen molar-refractivity contribution in [3.8, 4) is 0 Å². The predicted octanol–water partition coefficient (Wildman–Crippen LogP) is 3.07. The number of aliphatic hydroxyl groups is 1. The van der Waals surface area contributed by atoms with Crippen molar-refractivity contribution in [1.82, 2.24) is 14.9 Å². The molecule has 0 amide bonds. The molecule has 4 heteroatoms. The minimum Gasteiger partial charge on any atom is -0.512 e. The van der Waals surface area contributed by atoms with Crippen LogP contribution in [0.25, 0.3) is 27.6 Å². The highest BCUT2D eigenvalue weighted by Crippen LogP contribution is 2.25. The summed E-state index contributed by atoms with van der Waals surface area (Å²) in [6.07, 6.45) is 2.57. The van der Waals surface area contributed by atoms with Crippen LogP contribution in [0.4, 0.5) is 0 Å². The average Bonchev–Trinajstić information content (AvgIpc) is 2.57. The maximum Gasteiger partial charge on any atom is 0.116 e. The molecule has 0 unspecified atom stereocenters. The molecule has 0 atom stereocenters. The Kier molecular flexibility index (Phi) is 4.44. The second-order valence-electron chi connectivity index (χ2n) is 5.87. The van der Waals surface area contributed by atoms with Gasteiger partial charge in [0.15, 0.2) is 0 Å². The fourth-order valence-electron chi connectivity index (χ4n) is 3.16. The number of hydrogen-bond donors (Lipinski definition) is 1. The Labute approximate surface area is 136 Å². The van der Waals surface area contributed by atoms with Crippen LogP contribution < -0.4 is 5.22 Å². The van der Waals surface area contributed by atoms with E-state index in [1.807, 2.05) is 12.1 Å². The third-order valence-corrected chi connectivity index (χ3v) is 4.57. The quantitative estimate of drug-likeness (QED) is 0.787. The van der Waals surface area contributed by atoms with Crippen LogP contribution in [-0.2, 0) is 6.42 Å². The van der Waals surface area contributed by atoms with E-state index in [9.17, 15) is 5.11 Å². The molecule has 0 fully saturated rings. The van der Waals surface area contributed by atoms with Crippen molar-refractivity contribution in [2.75, 3.05) is 19.6 Å². The number of hydrogen-bond acceptors (Lipinski definition) is 4. The summed E-state index contributed by atoms with van der Waals surface area (Å²) in [7, 11) is 0. The first-order valence-corrected chi connectivity index (χ1v) is 8.23. The zero-order chi connectivity index (χ0) is 16.4. The van der Waals surface area contributed by atoms with Gasteiger partial charge in [-0.25, -0.2) is 9.97 Å². The van der Waals surface area contributed by atoms with E-state index in [0.717, 1.165) is 53.1 Å². The summed E-state index contributed by atoms with van der Waals surface area (Å²) in [5.41, 5.74) is 3.07. The van der Waals surface area contributed by atoms with Gasteiger partial charge in [0.05, 0.1) is 16.8 Å². The molecule has 0 aliphatic heterocycles. The van der Waals surface area contributed by atoms with E-state index in [2.05, 4.69) is 40.8 Å². The van der Waals surface area contributed by atoms with E-state index in [0.29, 0.717) is 5.76 Å². The van der Waals surface area contributed by atoms with Gasteiger partial charge in [-0.15, -0.1) is 0 Å². The maximum absolute atomic E-state index is 9.92. The molecule has 0 spiro atoms. The Morgan fingerprint density at radius 1 is 1.04 bits per heavy atom. The van der Waals surface area contributed by atoms with Crippen molar-refractivity contribution < 1.29 is 5.11 Å². The molecule has 4 nitrogen and oxygen atoms in total. The summed E-state index contributed by atoms with van der Waals surface area (Å²) >= 11 is 0. The van der Waals surface area contributed by atoms with Crippen LogP contribution in [0.1, 0.15) is 26.3 Å². The van der Waals surface area contributed by atoms with Crippen LogP contribution in [0.15, 0.2) is 30.6 Å². The van der Waals surface area contributed by atoms with Crippen LogP contribution in [0.3, 0.4) is 0 Å². The first-order chi connectivity index (χ1) is 11.2. The van der Waals surface area contributed by atoms with Gasteiger partial charge in [-0.05, 0) is 43.5 Å². The molecule has 1 heterocycles. The van der Waals surface area contributed by atoms with Gasteiger partial charge >= 0.3 is 0 Å². The number of likely N-dealkylation sites (N-methyl/N-ethyl adjacent to an activating group) is 1. The SMILES string of the molecule is CCN(CC)CCc1ccc2cc/c(=C(/C)O)c3ncnc1c23. The fourth-order valence-corrected chi connectivity index (χ4v) is 3.16. The van der Waals surface area contributed by atoms with Gasteiger partial charge in [0.1, 0.15) is 6.33 Å². The molecule has 0 aliphatic rings. The Balaban J connectivity index is 2.16. The Morgan fingerprint density at radius 3 is 2.43 bits per heavy atom. The molecule has 0 saturated carbocycles. The van der Waals surface area contributed by atoms with Gasteiger partial charge in [0.2, 0.25) is 0 Å². The van der Waals surface area contributed by atoms with Gasteiger partial charge in [0.25, 0.3) is 0 Å². The van der Waals surface area contributed by atoms with Gasteiger partial charge < -0.3 is 10.0 Å². The summed E-state index contributed by atoms with van der Waals surface area (Å²) < 4.78 is 0. The topological polar surface area (TPSA) is 49.2 Å². The molecule has 1 aromatic heterocycles. The Bertz CT molecular complexity index is 880. The van der Waals surface area contributed by atoms with Crippen molar-refractivity contribution in [1.29, 1.82) is 0 Å². The highest BCUT2D eigenvalue weighted by atomic mass is 16.3. The lowest BCUT2D eigenvalue weighted by atomic mass is 10.0. The summed E-state index contributed by atoms with van der Waals surface area (Å²) in [5.74, 6) is 0.292. The normalized spacial score (nSPS) is 13.2. The number of aromatic nitrogens is 2. The number of nitrogens with zero attached hydrogens (tertiary/aromatic N) is 3.